The summed E-state index contributed by atoms with van der Waals surface area (Å²) in [5.41, 5.74) is 6.85. The molecule has 0 aliphatic carbocycles. The number of amides is 1. The monoisotopic (exact) mass is 219 g/mol. The van der Waals surface area contributed by atoms with E-state index in [9.17, 15) is 4.79 Å². The fourth-order valence-corrected chi connectivity index (χ4v) is 1.59. The predicted molar refractivity (Wildman–Crippen MR) is 59.3 cm³/mol. The first kappa shape index (κ1) is 10.9. The maximum Gasteiger partial charge on any atom is 0.241 e. The lowest BCUT2D eigenvalue weighted by Gasteiger charge is -2.11. The van der Waals surface area contributed by atoms with Crippen LogP contribution in [0.5, 0.6) is 0 Å². The molecule has 4 nitrogen and oxygen atoms in total. The fourth-order valence-electron chi connectivity index (χ4n) is 1.59. The van der Waals surface area contributed by atoms with Gasteiger partial charge >= 0.3 is 0 Å². The topological polar surface area (TPSA) is 61.6 Å². The van der Waals surface area contributed by atoms with Crippen molar-refractivity contribution in [3.63, 3.8) is 0 Å². The number of primary amides is 1. The van der Waals surface area contributed by atoms with Crippen LogP contribution >= 0.6 is 0 Å². The Morgan fingerprint density at radius 2 is 2.00 bits per heavy atom. The molecule has 4 heteroatoms. The summed E-state index contributed by atoms with van der Waals surface area (Å²) in [5.74, 6) is -0.469. The van der Waals surface area contributed by atoms with Crippen molar-refractivity contribution >= 4 is 12.0 Å². The van der Waals surface area contributed by atoms with E-state index in [-0.39, 0.29) is 6.29 Å². The molecule has 1 saturated heterocycles. The number of nitrogens with two attached hydrogens (primary N) is 1. The fraction of sp³-hybridized carbons (Fsp3) is 0.250. The quantitative estimate of drug-likeness (QED) is 0.778. The minimum atomic E-state index is -0.469. The Kier molecular flexibility index (Phi) is 3.34. The zero-order valence-electron chi connectivity index (χ0n) is 8.76. The van der Waals surface area contributed by atoms with Crippen molar-refractivity contribution in [1.29, 1.82) is 0 Å². The number of carbonyl (C=O) groups excluding carboxylic acids is 1. The zero-order valence-corrected chi connectivity index (χ0v) is 8.76. The van der Waals surface area contributed by atoms with Crippen molar-refractivity contribution in [2.45, 2.75) is 6.29 Å². The van der Waals surface area contributed by atoms with Gasteiger partial charge in [-0.2, -0.15) is 0 Å². The summed E-state index contributed by atoms with van der Waals surface area (Å²) in [6, 6.07) is 7.59. The predicted octanol–water partition coefficient (Wildman–Crippen LogP) is 1.23. The Bertz CT molecular complexity index is 408. The summed E-state index contributed by atoms with van der Waals surface area (Å²) >= 11 is 0. The third-order valence-electron chi connectivity index (χ3n) is 2.30. The summed E-state index contributed by atoms with van der Waals surface area (Å²) < 4.78 is 10.8. The van der Waals surface area contributed by atoms with Gasteiger partial charge in [0, 0.05) is 11.6 Å². The number of hydrogen-bond donors (Lipinski definition) is 1. The van der Waals surface area contributed by atoms with Gasteiger partial charge in [0.15, 0.2) is 6.29 Å². The third kappa shape index (κ3) is 2.48. The van der Waals surface area contributed by atoms with Gasteiger partial charge in [0.2, 0.25) is 5.91 Å². The normalized spacial score (nSPS) is 17.0. The molecule has 1 amide bonds. The highest BCUT2D eigenvalue weighted by Gasteiger charge is 2.19. The standard InChI is InChI=1S/C12H13NO3/c13-11(14)6-5-9-3-1-2-4-10(9)12-15-7-8-16-12/h1-6,12H,7-8H2,(H2,13,14). The number of hydrogen-bond acceptors (Lipinski definition) is 3. The second-order valence-corrected chi connectivity index (χ2v) is 3.44. The van der Waals surface area contributed by atoms with Gasteiger partial charge in [-0.25, -0.2) is 0 Å². The van der Waals surface area contributed by atoms with E-state index in [2.05, 4.69) is 0 Å². The van der Waals surface area contributed by atoms with E-state index in [1.165, 1.54) is 6.08 Å². The first-order valence-corrected chi connectivity index (χ1v) is 5.07. The molecule has 0 aromatic heterocycles. The molecule has 84 valence electrons. The molecular weight excluding hydrogens is 206 g/mol. The molecule has 1 aliphatic heterocycles. The van der Waals surface area contributed by atoms with Gasteiger partial charge in [0.05, 0.1) is 13.2 Å². The number of rotatable bonds is 3. The van der Waals surface area contributed by atoms with Crippen LogP contribution in [0.25, 0.3) is 6.08 Å². The molecule has 0 bridgehead atoms. The van der Waals surface area contributed by atoms with E-state index in [1.807, 2.05) is 24.3 Å². The maximum absolute atomic E-state index is 10.7. The van der Waals surface area contributed by atoms with Crippen LogP contribution in [0, 0.1) is 0 Å². The molecule has 0 unspecified atom stereocenters. The van der Waals surface area contributed by atoms with Gasteiger partial charge in [-0.15, -0.1) is 0 Å². The largest absolute Gasteiger partial charge is 0.366 e. The zero-order chi connectivity index (χ0) is 11.4. The molecule has 0 spiro atoms. The highest BCUT2D eigenvalue weighted by Crippen LogP contribution is 2.26. The minimum Gasteiger partial charge on any atom is -0.366 e. The summed E-state index contributed by atoms with van der Waals surface area (Å²) in [6.07, 6.45) is 2.66. The van der Waals surface area contributed by atoms with Gasteiger partial charge in [0.25, 0.3) is 0 Å². The van der Waals surface area contributed by atoms with Crippen molar-refractivity contribution in [2.75, 3.05) is 13.2 Å². The van der Waals surface area contributed by atoms with Gasteiger partial charge in [-0.1, -0.05) is 24.3 Å². The average molecular weight is 219 g/mol. The molecule has 1 heterocycles. The Hall–Kier alpha value is -1.65. The molecule has 1 aromatic rings. The third-order valence-corrected chi connectivity index (χ3v) is 2.30. The van der Waals surface area contributed by atoms with Crippen molar-refractivity contribution in [2.24, 2.45) is 5.73 Å². The smallest absolute Gasteiger partial charge is 0.241 e. The Balaban J connectivity index is 2.26. The van der Waals surface area contributed by atoms with E-state index >= 15 is 0 Å². The second kappa shape index (κ2) is 4.92. The van der Waals surface area contributed by atoms with Crippen molar-refractivity contribution < 1.29 is 14.3 Å². The number of ether oxygens (including phenoxy) is 2. The van der Waals surface area contributed by atoms with Crippen LogP contribution in [0.4, 0.5) is 0 Å². The van der Waals surface area contributed by atoms with Gasteiger partial charge in [-0.3, -0.25) is 4.79 Å². The first-order valence-electron chi connectivity index (χ1n) is 5.07. The van der Waals surface area contributed by atoms with E-state index in [0.717, 1.165) is 11.1 Å². The van der Waals surface area contributed by atoms with Gasteiger partial charge in [-0.05, 0) is 11.6 Å². The Morgan fingerprint density at radius 3 is 2.69 bits per heavy atom. The summed E-state index contributed by atoms with van der Waals surface area (Å²) in [6.45, 7) is 1.19. The molecule has 2 N–H and O–H groups in total. The molecule has 16 heavy (non-hydrogen) atoms. The maximum atomic E-state index is 10.7. The number of benzene rings is 1. The molecule has 0 radical (unpaired) electrons. The summed E-state index contributed by atoms with van der Waals surface area (Å²) in [5, 5.41) is 0. The first-order chi connectivity index (χ1) is 7.77. The van der Waals surface area contributed by atoms with E-state index < -0.39 is 5.91 Å². The van der Waals surface area contributed by atoms with Crippen LogP contribution in [-0.2, 0) is 14.3 Å². The van der Waals surface area contributed by atoms with Crippen molar-refractivity contribution in [1.82, 2.24) is 0 Å². The molecule has 0 atom stereocenters. The van der Waals surface area contributed by atoms with Crippen molar-refractivity contribution in [3.8, 4) is 0 Å². The lowest BCUT2D eigenvalue weighted by atomic mass is 10.1. The van der Waals surface area contributed by atoms with Crippen LogP contribution in [-0.4, -0.2) is 19.1 Å². The molecule has 0 saturated carbocycles. The lowest BCUT2D eigenvalue weighted by Crippen LogP contribution is -2.06. The second-order valence-electron chi connectivity index (χ2n) is 3.44. The van der Waals surface area contributed by atoms with E-state index in [4.69, 9.17) is 15.2 Å². The molecule has 2 rings (SSSR count). The molecular formula is C12H13NO3. The lowest BCUT2D eigenvalue weighted by molar-refractivity contribution is -0.113. The molecule has 1 aromatic carbocycles. The molecule has 1 aliphatic rings. The van der Waals surface area contributed by atoms with Crippen LogP contribution in [0.2, 0.25) is 0 Å². The van der Waals surface area contributed by atoms with Gasteiger partial charge < -0.3 is 15.2 Å². The summed E-state index contributed by atoms with van der Waals surface area (Å²) in [4.78, 5) is 10.7. The van der Waals surface area contributed by atoms with Crippen molar-refractivity contribution in [3.05, 3.63) is 41.5 Å². The van der Waals surface area contributed by atoms with E-state index in [0.29, 0.717) is 13.2 Å². The highest BCUT2D eigenvalue weighted by atomic mass is 16.7. The Morgan fingerprint density at radius 1 is 1.31 bits per heavy atom. The highest BCUT2D eigenvalue weighted by molar-refractivity contribution is 5.90. The minimum absolute atomic E-state index is 0.339. The van der Waals surface area contributed by atoms with Crippen LogP contribution in [0.3, 0.4) is 0 Å². The average Bonchev–Trinajstić information content (AvgIpc) is 2.80. The Labute approximate surface area is 93.7 Å². The molecule has 1 fully saturated rings. The van der Waals surface area contributed by atoms with Crippen LogP contribution in [0.1, 0.15) is 17.4 Å². The number of carbonyl (C=O) groups is 1. The van der Waals surface area contributed by atoms with Crippen LogP contribution < -0.4 is 5.73 Å². The van der Waals surface area contributed by atoms with E-state index in [1.54, 1.807) is 6.08 Å². The SMILES string of the molecule is NC(=O)C=Cc1ccccc1C1OCCO1. The summed E-state index contributed by atoms with van der Waals surface area (Å²) in [7, 11) is 0. The van der Waals surface area contributed by atoms with Crippen LogP contribution in [0.15, 0.2) is 30.3 Å². The van der Waals surface area contributed by atoms with Gasteiger partial charge in [0.1, 0.15) is 0 Å².